The predicted molar refractivity (Wildman–Crippen MR) is 118 cm³/mol. The van der Waals surface area contributed by atoms with Crippen molar-refractivity contribution in [2.24, 2.45) is 0 Å². The highest BCUT2D eigenvalue weighted by atomic mass is 32.2. The van der Waals surface area contributed by atoms with E-state index in [1.807, 2.05) is 42.5 Å². The summed E-state index contributed by atoms with van der Waals surface area (Å²) in [7, 11) is -3.44. The Labute approximate surface area is 182 Å². The fourth-order valence-electron chi connectivity index (χ4n) is 3.74. The number of morpholine rings is 1. The first-order valence-corrected chi connectivity index (χ1v) is 11.9. The van der Waals surface area contributed by atoms with Crippen LogP contribution < -0.4 is 16.0 Å². The first-order valence-electron chi connectivity index (χ1n) is 10.4. The Morgan fingerprint density at radius 2 is 1.87 bits per heavy atom. The zero-order chi connectivity index (χ0) is 21.7. The number of rotatable bonds is 7. The number of aromatic nitrogens is 1. The molecule has 1 amide bonds. The van der Waals surface area contributed by atoms with Crippen molar-refractivity contribution in [1.29, 1.82) is 0 Å². The van der Waals surface area contributed by atoms with Crippen LogP contribution in [0.2, 0.25) is 0 Å². The van der Waals surface area contributed by atoms with Crippen LogP contribution in [0.15, 0.2) is 48.7 Å². The van der Waals surface area contributed by atoms with Gasteiger partial charge in [0.1, 0.15) is 0 Å². The van der Waals surface area contributed by atoms with Crippen LogP contribution in [0.3, 0.4) is 0 Å². The first-order chi connectivity index (χ1) is 15.0. The molecule has 4 rings (SSSR count). The number of carbonyl (C=O) groups is 1. The van der Waals surface area contributed by atoms with Crippen LogP contribution in [0.5, 0.6) is 0 Å². The molecule has 2 aromatic rings. The number of nitrogens with zero attached hydrogens (tertiary/aromatic N) is 2. The predicted octanol–water partition coefficient (Wildman–Crippen LogP) is 1.02. The van der Waals surface area contributed by atoms with E-state index in [0.29, 0.717) is 38.5 Å². The fraction of sp³-hybridized carbons (Fsp3) is 0.429. The molecule has 3 heterocycles. The molecule has 1 aromatic carbocycles. The maximum Gasteiger partial charge on any atom is 0.241 e. The zero-order valence-electron chi connectivity index (χ0n) is 17.2. The Balaban J connectivity index is 1.28. The molecule has 9 nitrogen and oxygen atoms in total. The van der Waals surface area contributed by atoms with Gasteiger partial charge in [-0.05, 0) is 42.8 Å². The lowest BCUT2D eigenvalue weighted by atomic mass is 10.2. The van der Waals surface area contributed by atoms with Crippen LogP contribution >= 0.6 is 0 Å². The third kappa shape index (κ3) is 5.40. The monoisotopic (exact) mass is 445 g/mol. The summed E-state index contributed by atoms with van der Waals surface area (Å²) in [5.41, 5.74) is 2.52. The summed E-state index contributed by atoms with van der Waals surface area (Å²) in [6, 6.07) is 12.6. The summed E-state index contributed by atoms with van der Waals surface area (Å²) < 4.78 is 32.3. The lowest BCUT2D eigenvalue weighted by Gasteiger charge is -2.28. The van der Waals surface area contributed by atoms with Crippen molar-refractivity contribution in [2.75, 3.05) is 43.5 Å². The van der Waals surface area contributed by atoms with Gasteiger partial charge in [0.15, 0.2) is 0 Å². The molecule has 2 aliphatic heterocycles. The number of hydrogen-bond donors (Lipinski definition) is 3. The average Bonchev–Trinajstić information content (AvgIpc) is 3.31. The number of ether oxygens (including phenoxy) is 1. The third-order valence-electron chi connectivity index (χ3n) is 5.51. The molecule has 1 aromatic heterocycles. The molecular weight excluding hydrogens is 418 g/mol. The summed E-state index contributed by atoms with van der Waals surface area (Å²) in [6.45, 7) is 2.45. The van der Waals surface area contributed by atoms with E-state index in [9.17, 15) is 13.2 Å². The topological polar surface area (TPSA) is 113 Å². The normalized spacial score (nSPS) is 22.2. The molecule has 0 saturated carbocycles. The fourth-order valence-corrected chi connectivity index (χ4v) is 5.56. The molecule has 2 atom stereocenters. The van der Waals surface area contributed by atoms with Crippen molar-refractivity contribution in [1.82, 2.24) is 14.6 Å². The second kappa shape index (κ2) is 9.73. The van der Waals surface area contributed by atoms with Gasteiger partial charge in [0.2, 0.25) is 15.9 Å². The number of sulfonamides is 1. The summed E-state index contributed by atoms with van der Waals surface area (Å²) in [6.07, 6.45) is 2.01. The maximum atomic E-state index is 12.8. The molecule has 166 valence electrons. The van der Waals surface area contributed by atoms with Gasteiger partial charge < -0.3 is 20.7 Å². The van der Waals surface area contributed by atoms with Crippen molar-refractivity contribution in [2.45, 2.75) is 24.3 Å². The summed E-state index contributed by atoms with van der Waals surface area (Å²) in [4.78, 5) is 16.9. The van der Waals surface area contributed by atoms with E-state index in [1.54, 1.807) is 6.20 Å². The highest BCUT2D eigenvalue weighted by Crippen LogP contribution is 2.21. The van der Waals surface area contributed by atoms with Gasteiger partial charge in [-0.2, -0.15) is 4.31 Å². The van der Waals surface area contributed by atoms with Gasteiger partial charge in [-0.15, -0.1) is 0 Å². The number of amides is 1. The molecule has 0 bridgehead atoms. The number of pyridine rings is 1. The van der Waals surface area contributed by atoms with Crippen molar-refractivity contribution in [3.05, 3.63) is 54.4 Å². The van der Waals surface area contributed by atoms with Crippen molar-refractivity contribution in [3.63, 3.8) is 0 Å². The van der Waals surface area contributed by atoms with Crippen molar-refractivity contribution < 1.29 is 17.9 Å². The van der Waals surface area contributed by atoms with Gasteiger partial charge >= 0.3 is 0 Å². The Bertz CT molecular complexity index is 979. The number of hydrogen-bond acceptors (Lipinski definition) is 7. The number of carbonyl (C=O) groups excluding carboxylic acids is 1. The molecule has 10 heteroatoms. The van der Waals surface area contributed by atoms with Gasteiger partial charge in [-0.1, -0.05) is 6.07 Å². The Kier molecular flexibility index (Phi) is 6.81. The Morgan fingerprint density at radius 1 is 1.13 bits per heavy atom. The van der Waals surface area contributed by atoms with E-state index in [4.69, 9.17) is 4.74 Å². The minimum absolute atomic E-state index is 0.228. The second-order valence-corrected chi connectivity index (χ2v) is 9.83. The Morgan fingerprint density at radius 3 is 2.58 bits per heavy atom. The van der Waals surface area contributed by atoms with Crippen LogP contribution in [0.4, 0.5) is 11.4 Å². The van der Waals surface area contributed by atoms with E-state index in [-0.39, 0.29) is 18.9 Å². The lowest BCUT2D eigenvalue weighted by molar-refractivity contribution is -0.117. The van der Waals surface area contributed by atoms with Crippen LogP contribution in [0.25, 0.3) is 0 Å². The molecule has 2 aliphatic rings. The van der Waals surface area contributed by atoms with Crippen LogP contribution in [0.1, 0.15) is 12.1 Å². The maximum absolute atomic E-state index is 12.8. The summed E-state index contributed by atoms with van der Waals surface area (Å²) in [5, 5.41) is 8.60. The van der Waals surface area contributed by atoms with E-state index >= 15 is 0 Å². The first kappa shape index (κ1) is 21.7. The van der Waals surface area contributed by atoms with Crippen LogP contribution in [-0.4, -0.2) is 67.8 Å². The second-order valence-electron chi connectivity index (χ2n) is 7.62. The standard InChI is InChI=1S/C21H27N5O4S/c27-21(20-13-19(15-24-20)31(28,29)26-9-11-30-12-10-26)25-17-6-4-16(5-7-17)23-14-18-3-1-2-8-22-18/h1-8,19-20,23-24H,9-15H2,(H,25,27). The van der Waals surface area contributed by atoms with E-state index in [2.05, 4.69) is 20.9 Å². The van der Waals surface area contributed by atoms with Gasteiger partial charge in [-0.25, -0.2) is 8.42 Å². The summed E-state index contributed by atoms with van der Waals surface area (Å²) >= 11 is 0. The molecule has 0 aliphatic carbocycles. The molecule has 31 heavy (non-hydrogen) atoms. The van der Waals surface area contributed by atoms with E-state index in [0.717, 1.165) is 11.4 Å². The van der Waals surface area contributed by atoms with Gasteiger partial charge in [0, 0.05) is 37.2 Å². The van der Waals surface area contributed by atoms with Gasteiger partial charge in [-0.3, -0.25) is 9.78 Å². The molecule has 2 fully saturated rings. The molecule has 0 spiro atoms. The van der Waals surface area contributed by atoms with Gasteiger partial charge in [0.05, 0.1) is 36.7 Å². The van der Waals surface area contributed by atoms with E-state index in [1.165, 1.54) is 4.31 Å². The van der Waals surface area contributed by atoms with Crippen LogP contribution in [0, 0.1) is 0 Å². The number of anilines is 2. The average molecular weight is 446 g/mol. The lowest BCUT2D eigenvalue weighted by Crippen LogP contribution is -2.45. The molecular formula is C21H27N5O4S. The number of nitrogens with one attached hydrogen (secondary N) is 3. The van der Waals surface area contributed by atoms with Crippen molar-refractivity contribution >= 4 is 27.3 Å². The summed E-state index contributed by atoms with van der Waals surface area (Å²) in [5.74, 6) is -0.228. The van der Waals surface area contributed by atoms with Crippen molar-refractivity contribution in [3.8, 4) is 0 Å². The minimum atomic E-state index is -3.44. The molecule has 2 saturated heterocycles. The largest absolute Gasteiger partial charge is 0.379 e. The highest BCUT2D eigenvalue weighted by Gasteiger charge is 2.40. The highest BCUT2D eigenvalue weighted by molar-refractivity contribution is 7.89. The van der Waals surface area contributed by atoms with Crippen LogP contribution in [-0.2, 0) is 26.1 Å². The quantitative estimate of drug-likeness (QED) is 0.583. The molecule has 3 N–H and O–H groups in total. The molecule has 0 radical (unpaired) electrons. The van der Waals surface area contributed by atoms with Gasteiger partial charge in [0.25, 0.3) is 0 Å². The third-order valence-corrected chi connectivity index (χ3v) is 7.80. The van der Waals surface area contributed by atoms with E-state index < -0.39 is 21.3 Å². The Hall–Kier alpha value is -2.53. The zero-order valence-corrected chi connectivity index (χ0v) is 18.0. The molecule has 2 unspecified atom stereocenters. The SMILES string of the molecule is O=C(Nc1ccc(NCc2ccccn2)cc1)C1CC(S(=O)(=O)N2CCOCC2)CN1. The smallest absolute Gasteiger partial charge is 0.241 e. The number of benzene rings is 1. The minimum Gasteiger partial charge on any atom is -0.379 e.